The Kier molecular flexibility index (Phi) is 7.79. The van der Waals surface area contributed by atoms with E-state index in [2.05, 4.69) is 0 Å². The molecule has 0 bridgehead atoms. The van der Waals surface area contributed by atoms with Crippen LogP contribution in [-0.4, -0.2) is 119 Å². The molecule has 2 saturated heterocycles. The Balaban J connectivity index is 1.75. The van der Waals surface area contributed by atoms with Gasteiger partial charge in [-0.2, -0.15) is 0 Å². The van der Waals surface area contributed by atoms with Crippen molar-refractivity contribution in [2.75, 3.05) is 13.2 Å². The van der Waals surface area contributed by atoms with Crippen LogP contribution in [0.3, 0.4) is 0 Å². The standard InChI is InChI=1S/C26H28O16/c27-7-26(23(37)18(34)19(35)24(38)42-26)14-10(29)5-12-13(16(14)32)17(33)22(21(40-12)8-1-3-9(28)4-2-8)41-25-20(36)15(31)11(30)6-39-25/h1-5,11,15,18-20,23-25,27-32,34-38H,6-7H2/t11-,15+,18-,19-,20-,23+,24?,25?,26+/m1/s1. The zero-order chi connectivity index (χ0) is 30.7. The topological polar surface area (TPSA) is 280 Å². The van der Waals surface area contributed by atoms with Crippen molar-refractivity contribution in [1.82, 2.24) is 0 Å². The molecule has 0 radical (unpaired) electrons. The number of aromatic hydroxyl groups is 3. The molecule has 2 unspecified atom stereocenters. The number of phenols is 3. The lowest BCUT2D eigenvalue weighted by molar-refractivity contribution is -0.332. The Morgan fingerprint density at radius 2 is 1.57 bits per heavy atom. The molecule has 5 rings (SSSR count). The highest BCUT2D eigenvalue weighted by molar-refractivity contribution is 5.90. The summed E-state index contributed by atoms with van der Waals surface area (Å²) in [7, 11) is 0. The molecule has 2 aromatic carbocycles. The third-order valence-electron chi connectivity index (χ3n) is 7.35. The van der Waals surface area contributed by atoms with Crippen molar-refractivity contribution < 1.29 is 74.8 Å². The largest absolute Gasteiger partial charge is 0.508 e. The first-order valence-corrected chi connectivity index (χ1v) is 12.5. The van der Waals surface area contributed by atoms with Gasteiger partial charge in [-0.3, -0.25) is 4.79 Å². The zero-order valence-corrected chi connectivity index (χ0v) is 21.4. The van der Waals surface area contributed by atoms with Crippen molar-refractivity contribution in [3.63, 3.8) is 0 Å². The smallest absolute Gasteiger partial charge is 0.239 e. The van der Waals surface area contributed by atoms with Crippen LogP contribution in [0.2, 0.25) is 0 Å². The highest BCUT2D eigenvalue weighted by atomic mass is 16.7. The van der Waals surface area contributed by atoms with Crippen LogP contribution in [0.1, 0.15) is 5.56 Å². The number of fused-ring (bicyclic) bond motifs is 1. The molecule has 9 atom stereocenters. The van der Waals surface area contributed by atoms with Gasteiger partial charge in [-0.25, -0.2) is 0 Å². The average molecular weight is 596 g/mol. The molecule has 0 amide bonds. The van der Waals surface area contributed by atoms with Crippen LogP contribution in [-0.2, 0) is 15.1 Å². The Labute approximate surface area is 234 Å². The number of hydrogen-bond donors (Lipinski definition) is 11. The van der Waals surface area contributed by atoms with Gasteiger partial charge < -0.3 is 74.8 Å². The summed E-state index contributed by atoms with van der Waals surface area (Å²) in [5.41, 5.74) is -5.07. The fraction of sp³-hybridized carbons (Fsp3) is 0.423. The minimum absolute atomic E-state index is 0.119. The van der Waals surface area contributed by atoms with Crippen LogP contribution >= 0.6 is 0 Å². The summed E-state index contributed by atoms with van der Waals surface area (Å²) in [5.74, 6) is -3.30. The number of benzene rings is 2. The zero-order valence-electron chi connectivity index (χ0n) is 21.4. The predicted octanol–water partition coefficient (Wildman–Crippen LogP) is -2.99. The normalized spacial score (nSPS) is 33.5. The lowest BCUT2D eigenvalue weighted by atomic mass is 9.80. The lowest BCUT2D eigenvalue weighted by Crippen LogP contribution is -2.64. The number of hydrogen-bond acceptors (Lipinski definition) is 16. The quantitative estimate of drug-likeness (QED) is 0.140. The van der Waals surface area contributed by atoms with Crippen LogP contribution in [0, 0.1) is 0 Å². The summed E-state index contributed by atoms with van der Waals surface area (Å²) in [6.07, 6.45) is -15.5. The van der Waals surface area contributed by atoms with E-state index in [1.165, 1.54) is 24.3 Å². The summed E-state index contributed by atoms with van der Waals surface area (Å²) < 4.78 is 21.8. The maximum atomic E-state index is 13.9. The summed E-state index contributed by atoms with van der Waals surface area (Å²) in [5, 5.41) is 113. The van der Waals surface area contributed by atoms with Crippen LogP contribution in [0.5, 0.6) is 23.0 Å². The van der Waals surface area contributed by atoms with Crippen molar-refractivity contribution in [3.8, 4) is 34.3 Å². The average Bonchev–Trinajstić information content (AvgIpc) is 2.96. The molecule has 0 saturated carbocycles. The minimum atomic E-state index is -2.67. The maximum absolute atomic E-state index is 13.9. The van der Waals surface area contributed by atoms with E-state index in [1.54, 1.807) is 0 Å². The second kappa shape index (κ2) is 10.9. The molecule has 2 aliphatic rings. The fourth-order valence-corrected chi connectivity index (χ4v) is 5.03. The van der Waals surface area contributed by atoms with Crippen molar-refractivity contribution in [2.24, 2.45) is 0 Å². The van der Waals surface area contributed by atoms with E-state index in [4.69, 9.17) is 18.6 Å². The van der Waals surface area contributed by atoms with Crippen LogP contribution in [0.15, 0.2) is 39.5 Å². The van der Waals surface area contributed by atoms with Crippen LogP contribution in [0.25, 0.3) is 22.3 Å². The molecular formula is C26H28O16. The minimum Gasteiger partial charge on any atom is -0.508 e. The van der Waals surface area contributed by atoms with E-state index < -0.39 is 107 Å². The van der Waals surface area contributed by atoms with Crippen molar-refractivity contribution in [2.45, 2.75) is 54.8 Å². The van der Waals surface area contributed by atoms with E-state index in [0.717, 1.165) is 6.07 Å². The van der Waals surface area contributed by atoms with Crippen LogP contribution in [0.4, 0.5) is 0 Å². The van der Waals surface area contributed by atoms with Gasteiger partial charge in [-0.05, 0) is 24.3 Å². The molecule has 0 aliphatic carbocycles. The van der Waals surface area contributed by atoms with Gasteiger partial charge in [0.05, 0.1) is 18.8 Å². The fourth-order valence-electron chi connectivity index (χ4n) is 5.03. The molecule has 2 fully saturated rings. The third kappa shape index (κ3) is 4.63. The van der Waals surface area contributed by atoms with Gasteiger partial charge in [-0.1, -0.05) is 0 Å². The molecule has 16 heteroatoms. The number of rotatable bonds is 5. The second-order valence-corrected chi connectivity index (χ2v) is 9.98. The van der Waals surface area contributed by atoms with E-state index in [0.29, 0.717) is 0 Å². The summed E-state index contributed by atoms with van der Waals surface area (Å²) in [6, 6.07) is 5.93. The van der Waals surface area contributed by atoms with Crippen molar-refractivity contribution in [3.05, 3.63) is 46.1 Å². The molecule has 16 nitrogen and oxygen atoms in total. The van der Waals surface area contributed by atoms with Gasteiger partial charge in [0.15, 0.2) is 17.7 Å². The number of aliphatic hydroxyl groups is 8. The first-order valence-electron chi connectivity index (χ1n) is 12.5. The molecule has 2 aliphatic heterocycles. The maximum Gasteiger partial charge on any atom is 0.239 e. The van der Waals surface area contributed by atoms with E-state index >= 15 is 0 Å². The van der Waals surface area contributed by atoms with Gasteiger partial charge in [0.25, 0.3) is 0 Å². The number of ether oxygens (including phenoxy) is 3. The number of phenolic OH excluding ortho intramolecular Hbond substituents is 3. The third-order valence-corrected chi connectivity index (χ3v) is 7.35. The monoisotopic (exact) mass is 596 g/mol. The second-order valence-electron chi connectivity index (χ2n) is 9.98. The van der Waals surface area contributed by atoms with Gasteiger partial charge in [0.2, 0.25) is 17.5 Å². The first kappa shape index (κ1) is 29.9. The van der Waals surface area contributed by atoms with Crippen molar-refractivity contribution >= 4 is 11.0 Å². The molecular weight excluding hydrogens is 568 g/mol. The van der Waals surface area contributed by atoms with Crippen LogP contribution < -0.4 is 10.2 Å². The number of aliphatic hydroxyl groups excluding tert-OH is 8. The van der Waals surface area contributed by atoms with E-state index in [-0.39, 0.29) is 17.1 Å². The molecule has 1 aromatic heterocycles. The summed E-state index contributed by atoms with van der Waals surface area (Å²) in [6.45, 7) is -1.78. The SMILES string of the molecule is O=c1c(OC2OC[C@@H](O)[C@H](O)[C@H]2O)c(-c2ccc(O)cc2)oc2cc(O)c([C@]3(CO)OC(O)[C@H](O)[C@@H](O)[C@@H]3O)c(O)c12. The Morgan fingerprint density at radius 1 is 0.905 bits per heavy atom. The van der Waals surface area contributed by atoms with E-state index in [1.807, 2.05) is 0 Å². The highest BCUT2D eigenvalue weighted by Crippen LogP contribution is 2.49. The molecule has 0 spiro atoms. The highest BCUT2D eigenvalue weighted by Gasteiger charge is 2.56. The molecule has 3 aromatic rings. The van der Waals surface area contributed by atoms with Gasteiger partial charge in [0, 0.05) is 11.6 Å². The molecule has 228 valence electrons. The summed E-state index contributed by atoms with van der Waals surface area (Å²) >= 11 is 0. The summed E-state index contributed by atoms with van der Waals surface area (Å²) in [4.78, 5) is 13.9. The molecule has 3 heterocycles. The predicted molar refractivity (Wildman–Crippen MR) is 135 cm³/mol. The van der Waals surface area contributed by atoms with E-state index in [9.17, 15) is 61.0 Å². The Morgan fingerprint density at radius 3 is 2.21 bits per heavy atom. The first-order chi connectivity index (χ1) is 19.8. The Bertz CT molecular complexity index is 1520. The van der Waals surface area contributed by atoms with Crippen molar-refractivity contribution in [1.29, 1.82) is 0 Å². The van der Waals surface area contributed by atoms with Gasteiger partial charge in [-0.15, -0.1) is 0 Å². The lowest BCUT2D eigenvalue weighted by Gasteiger charge is -2.46. The molecule has 42 heavy (non-hydrogen) atoms. The van der Waals surface area contributed by atoms with Gasteiger partial charge >= 0.3 is 0 Å². The molecule has 11 N–H and O–H groups in total. The van der Waals surface area contributed by atoms with Gasteiger partial charge in [0.1, 0.15) is 64.8 Å². The Hall–Kier alpha value is -3.55.